The molecular formula is C14H16FNO2. The smallest absolute Gasteiger partial charge is 0.146 e. The van der Waals surface area contributed by atoms with E-state index < -0.39 is 5.82 Å². The summed E-state index contributed by atoms with van der Waals surface area (Å²) in [6, 6.07) is 6.63. The van der Waals surface area contributed by atoms with Gasteiger partial charge in [-0.05, 0) is 24.8 Å². The van der Waals surface area contributed by atoms with E-state index in [4.69, 9.17) is 14.7 Å². The highest BCUT2D eigenvalue weighted by Crippen LogP contribution is 2.17. The Hall–Kier alpha value is -1.44. The predicted molar refractivity (Wildman–Crippen MR) is 64.3 cm³/mol. The molecule has 1 aliphatic heterocycles. The first-order valence-electron chi connectivity index (χ1n) is 6.14. The van der Waals surface area contributed by atoms with Gasteiger partial charge in [0.05, 0.1) is 18.8 Å². The van der Waals surface area contributed by atoms with Gasteiger partial charge in [-0.1, -0.05) is 12.1 Å². The molecule has 96 valence electrons. The molecule has 3 nitrogen and oxygen atoms in total. The second kappa shape index (κ2) is 6.48. The molecule has 0 saturated carbocycles. The molecule has 1 aromatic carbocycles. The summed E-state index contributed by atoms with van der Waals surface area (Å²) in [5.74, 6) is 0.0351. The van der Waals surface area contributed by atoms with Crippen LogP contribution in [0.1, 0.15) is 24.0 Å². The molecule has 0 N–H and O–H groups in total. The Kier molecular flexibility index (Phi) is 4.68. The highest BCUT2D eigenvalue weighted by atomic mass is 19.1. The fourth-order valence-electron chi connectivity index (χ4n) is 2.03. The number of rotatable bonds is 4. The zero-order valence-electron chi connectivity index (χ0n) is 10.2. The molecule has 1 aromatic rings. The fraction of sp³-hybridized carbons (Fsp3) is 0.500. The fourth-order valence-corrected chi connectivity index (χ4v) is 2.03. The van der Waals surface area contributed by atoms with Crippen molar-refractivity contribution in [1.29, 1.82) is 5.26 Å². The molecule has 1 fully saturated rings. The van der Waals surface area contributed by atoms with Crippen molar-refractivity contribution in [2.45, 2.75) is 19.4 Å². The summed E-state index contributed by atoms with van der Waals surface area (Å²) >= 11 is 0. The monoisotopic (exact) mass is 249 g/mol. The third-order valence-corrected chi connectivity index (χ3v) is 3.15. The van der Waals surface area contributed by atoms with Crippen LogP contribution in [-0.2, 0) is 16.1 Å². The predicted octanol–water partition coefficient (Wildman–Crippen LogP) is 2.64. The van der Waals surface area contributed by atoms with E-state index in [0.29, 0.717) is 18.1 Å². The molecule has 0 bridgehead atoms. The van der Waals surface area contributed by atoms with Crippen molar-refractivity contribution in [2.75, 3.05) is 19.8 Å². The molecule has 4 heteroatoms. The molecule has 0 amide bonds. The molecule has 1 heterocycles. The summed E-state index contributed by atoms with van der Waals surface area (Å²) in [5, 5.41) is 8.73. The van der Waals surface area contributed by atoms with Crippen LogP contribution in [-0.4, -0.2) is 19.8 Å². The van der Waals surface area contributed by atoms with Crippen LogP contribution in [0.4, 0.5) is 4.39 Å². The first kappa shape index (κ1) is 13.0. The van der Waals surface area contributed by atoms with Crippen molar-refractivity contribution >= 4 is 0 Å². The SMILES string of the molecule is N#Cc1cccc(COCC2CCOCC2)c1F. The number of hydrogen-bond donors (Lipinski definition) is 0. The van der Waals surface area contributed by atoms with Gasteiger partial charge in [0.15, 0.2) is 0 Å². The van der Waals surface area contributed by atoms with Gasteiger partial charge in [0.1, 0.15) is 11.9 Å². The zero-order chi connectivity index (χ0) is 12.8. The Morgan fingerprint density at radius 3 is 2.89 bits per heavy atom. The minimum atomic E-state index is -0.466. The normalized spacial score (nSPS) is 16.4. The summed E-state index contributed by atoms with van der Waals surface area (Å²) in [5.41, 5.74) is 0.517. The molecule has 0 aliphatic carbocycles. The van der Waals surface area contributed by atoms with Crippen molar-refractivity contribution in [1.82, 2.24) is 0 Å². The van der Waals surface area contributed by atoms with E-state index in [1.807, 2.05) is 6.07 Å². The van der Waals surface area contributed by atoms with E-state index >= 15 is 0 Å². The highest BCUT2D eigenvalue weighted by molar-refractivity contribution is 5.34. The lowest BCUT2D eigenvalue weighted by Gasteiger charge is -2.21. The second-order valence-corrected chi connectivity index (χ2v) is 4.46. The minimum Gasteiger partial charge on any atom is -0.381 e. The van der Waals surface area contributed by atoms with Crippen LogP contribution in [0.15, 0.2) is 18.2 Å². The Morgan fingerprint density at radius 2 is 2.17 bits per heavy atom. The van der Waals surface area contributed by atoms with Gasteiger partial charge in [-0.3, -0.25) is 0 Å². The quantitative estimate of drug-likeness (QED) is 0.823. The molecule has 18 heavy (non-hydrogen) atoms. The van der Waals surface area contributed by atoms with Gasteiger partial charge in [0, 0.05) is 18.8 Å². The standard InChI is InChI=1S/C14H16FNO2/c15-14-12(8-16)2-1-3-13(14)10-18-9-11-4-6-17-7-5-11/h1-3,11H,4-7,9-10H2. The second-order valence-electron chi connectivity index (χ2n) is 4.46. The molecule has 0 radical (unpaired) electrons. The molecular weight excluding hydrogens is 233 g/mol. The average molecular weight is 249 g/mol. The van der Waals surface area contributed by atoms with Gasteiger partial charge in [-0.2, -0.15) is 5.26 Å². The van der Waals surface area contributed by atoms with Crippen molar-refractivity contribution in [3.8, 4) is 6.07 Å². The summed E-state index contributed by atoms with van der Waals surface area (Å²) in [6.45, 7) is 2.41. The van der Waals surface area contributed by atoms with E-state index in [1.54, 1.807) is 12.1 Å². The van der Waals surface area contributed by atoms with Crippen LogP contribution in [0.5, 0.6) is 0 Å². The maximum absolute atomic E-state index is 13.7. The van der Waals surface area contributed by atoms with Crippen LogP contribution < -0.4 is 0 Å². The van der Waals surface area contributed by atoms with Crippen molar-refractivity contribution in [3.63, 3.8) is 0 Å². The van der Waals surface area contributed by atoms with Crippen LogP contribution in [0.2, 0.25) is 0 Å². The number of halogens is 1. The maximum Gasteiger partial charge on any atom is 0.146 e. The topological polar surface area (TPSA) is 42.2 Å². The van der Waals surface area contributed by atoms with Crippen LogP contribution >= 0.6 is 0 Å². The molecule has 1 saturated heterocycles. The lowest BCUT2D eigenvalue weighted by Crippen LogP contribution is -2.20. The van der Waals surface area contributed by atoms with E-state index in [1.165, 1.54) is 6.07 Å². The van der Waals surface area contributed by atoms with Gasteiger partial charge >= 0.3 is 0 Å². The van der Waals surface area contributed by atoms with Gasteiger partial charge in [-0.15, -0.1) is 0 Å². The number of nitriles is 1. The first-order valence-corrected chi connectivity index (χ1v) is 6.14. The van der Waals surface area contributed by atoms with Crippen molar-refractivity contribution in [2.24, 2.45) is 5.92 Å². The van der Waals surface area contributed by atoms with E-state index in [2.05, 4.69) is 0 Å². The number of nitrogens with zero attached hydrogens (tertiary/aromatic N) is 1. The first-order chi connectivity index (χ1) is 8.81. The lowest BCUT2D eigenvalue weighted by atomic mass is 10.0. The molecule has 0 unspecified atom stereocenters. The van der Waals surface area contributed by atoms with Gasteiger partial charge < -0.3 is 9.47 Å². The number of benzene rings is 1. The molecule has 0 spiro atoms. The van der Waals surface area contributed by atoms with Crippen molar-refractivity contribution in [3.05, 3.63) is 35.1 Å². The lowest BCUT2D eigenvalue weighted by molar-refractivity contribution is 0.0151. The van der Waals surface area contributed by atoms with E-state index in [9.17, 15) is 4.39 Å². The highest BCUT2D eigenvalue weighted by Gasteiger charge is 2.14. The van der Waals surface area contributed by atoms with Crippen LogP contribution in [0.3, 0.4) is 0 Å². The maximum atomic E-state index is 13.7. The largest absolute Gasteiger partial charge is 0.381 e. The number of hydrogen-bond acceptors (Lipinski definition) is 3. The molecule has 1 aliphatic rings. The van der Waals surface area contributed by atoms with E-state index in [-0.39, 0.29) is 12.2 Å². The summed E-state index contributed by atoms with van der Waals surface area (Å²) in [7, 11) is 0. The Balaban J connectivity index is 1.84. The Morgan fingerprint density at radius 1 is 1.39 bits per heavy atom. The molecule has 0 aromatic heterocycles. The van der Waals surface area contributed by atoms with Crippen molar-refractivity contribution < 1.29 is 13.9 Å². The number of ether oxygens (including phenoxy) is 2. The minimum absolute atomic E-state index is 0.0715. The average Bonchev–Trinajstić information content (AvgIpc) is 2.42. The summed E-state index contributed by atoms with van der Waals surface area (Å²) in [6.07, 6.45) is 2.00. The Bertz CT molecular complexity index is 436. The van der Waals surface area contributed by atoms with Gasteiger partial charge in [0.2, 0.25) is 0 Å². The Labute approximate surface area is 106 Å². The zero-order valence-corrected chi connectivity index (χ0v) is 10.2. The van der Waals surface area contributed by atoms with Gasteiger partial charge in [0.25, 0.3) is 0 Å². The third-order valence-electron chi connectivity index (χ3n) is 3.15. The molecule has 2 rings (SSSR count). The van der Waals surface area contributed by atoms with E-state index in [0.717, 1.165) is 26.1 Å². The van der Waals surface area contributed by atoms with Crippen LogP contribution in [0, 0.1) is 23.1 Å². The molecule has 0 atom stereocenters. The summed E-state index contributed by atoms with van der Waals surface area (Å²) < 4.78 is 24.5. The third kappa shape index (κ3) is 3.28. The van der Waals surface area contributed by atoms with Crippen LogP contribution in [0.25, 0.3) is 0 Å². The van der Waals surface area contributed by atoms with Gasteiger partial charge in [-0.25, -0.2) is 4.39 Å². The summed E-state index contributed by atoms with van der Waals surface area (Å²) in [4.78, 5) is 0.